The average Bonchev–Trinajstić information content (AvgIpc) is 2.88. The van der Waals surface area contributed by atoms with Crippen molar-refractivity contribution in [3.8, 4) is 0 Å². The monoisotopic (exact) mass is 449 g/mol. The molecule has 174 valence electrons. The Morgan fingerprint density at radius 3 is 1.76 bits per heavy atom. The maximum absolute atomic E-state index is 11.3. The van der Waals surface area contributed by atoms with Gasteiger partial charge in [-0.1, -0.05) is 91.0 Å². The molecule has 6 heteroatoms. The minimum atomic E-state index is -0.923. The van der Waals surface area contributed by atoms with Gasteiger partial charge in [0.2, 0.25) is 0 Å². The molecule has 0 saturated carbocycles. The zero-order chi connectivity index (χ0) is 22.7. The highest BCUT2D eigenvalue weighted by molar-refractivity contribution is 5.15. The van der Waals surface area contributed by atoms with Gasteiger partial charge in [0.15, 0.2) is 6.29 Å². The van der Waals surface area contributed by atoms with Crippen molar-refractivity contribution < 1.29 is 29.1 Å². The summed E-state index contributed by atoms with van der Waals surface area (Å²) in [4.78, 5) is 4.32. The Kier molecular flexibility index (Phi) is 9.00. The van der Waals surface area contributed by atoms with Crippen LogP contribution >= 0.6 is 0 Å². The lowest BCUT2D eigenvalue weighted by atomic mass is 10.0. The maximum Gasteiger partial charge on any atom is 0.151 e. The van der Waals surface area contributed by atoms with Crippen LogP contribution in [0.3, 0.4) is 0 Å². The molecule has 4 rings (SSSR count). The van der Waals surface area contributed by atoms with Crippen LogP contribution in [0.15, 0.2) is 91.0 Å². The van der Waals surface area contributed by atoms with Crippen LogP contribution < -0.4 is 5.26 Å². The molecule has 0 amide bonds. The van der Waals surface area contributed by atoms with Crippen LogP contribution in [0.4, 0.5) is 0 Å². The fourth-order valence-corrected chi connectivity index (χ4v) is 3.88. The number of rotatable bonds is 11. The van der Waals surface area contributed by atoms with Crippen molar-refractivity contribution in [1.82, 2.24) is 0 Å². The summed E-state index contributed by atoms with van der Waals surface area (Å²) in [6.07, 6.45) is -1.95. The number of hydrogen-bond donors (Lipinski definition) is 0. The van der Waals surface area contributed by atoms with Crippen molar-refractivity contribution in [3.05, 3.63) is 108 Å². The molecule has 1 saturated heterocycles. The van der Waals surface area contributed by atoms with E-state index in [1.165, 1.54) is 0 Å². The molecular formula is C27H29O6-. The van der Waals surface area contributed by atoms with Crippen molar-refractivity contribution in [3.63, 3.8) is 0 Å². The zero-order valence-corrected chi connectivity index (χ0v) is 18.5. The lowest BCUT2D eigenvalue weighted by Crippen LogP contribution is -2.53. The first-order chi connectivity index (χ1) is 16.3. The van der Waals surface area contributed by atoms with Crippen LogP contribution in [0.2, 0.25) is 0 Å². The molecule has 0 radical (unpaired) electrons. The van der Waals surface area contributed by atoms with Crippen molar-refractivity contribution in [1.29, 1.82) is 0 Å². The Hall–Kier alpha value is -2.58. The van der Waals surface area contributed by atoms with E-state index in [1.807, 2.05) is 91.0 Å². The summed E-state index contributed by atoms with van der Waals surface area (Å²) in [5, 5.41) is 11.3. The van der Waals surface area contributed by atoms with E-state index < -0.39 is 18.5 Å². The van der Waals surface area contributed by atoms with Gasteiger partial charge in [0.25, 0.3) is 0 Å². The molecule has 0 aromatic heterocycles. The standard InChI is InChI=1S/C27H30O6/c28-33-26-16-24(30-18-22-12-6-2-7-13-22)27(31-19-23-14-8-3-9-15-23)25(32-26)20-29-17-21-10-4-1-5-11-21/h1-15,24-28H,16-20H2/p-1/t24-,25+,26-,27-/m1/s1. The van der Waals surface area contributed by atoms with E-state index in [0.29, 0.717) is 19.8 Å². The molecular weight excluding hydrogens is 420 g/mol. The Balaban J connectivity index is 1.44. The Morgan fingerprint density at radius 1 is 0.697 bits per heavy atom. The summed E-state index contributed by atoms with van der Waals surface area (Å²) in [5.74, 6) is 0. The fourth-order valence-electron chi connectivity index (χ4n) is 3.88. The van der Waals surface area contributed by atoms with Gasteiger partial charge in [-0.25, -0.2) is 0 Å². The molecule has 1 aliphatic heterocycles. The van der Waals surface area contributed by atoms with E-state index in [1.54, 1.807) is 0 Å². The first-order valence-electron chi connectivity index (χ1n) is 11.2. The van der Waals surface area contributed by atoms with Crippen LogP contribution in [0.1, 0.15) is 23.1 Å². The summed E-state index contributed by atoms with van der Waals surface area (Å²) in [6, 6.07) is 29.7. The lowest BCUT2D eigenvalue weighted by molar-refractivity contribution is -0.722. The summed E-state index contributed by atoms with van der Waals surface area (Å²) in [5.41, 5.74) is 3.15. The molecule has 4 atom stereocenters. The van der Waals surface area contributed by atoms with Gasteiger partial charge in [0, 0.05) is 6.42 Å². The predicted molar refractivity (Wildman–Crippen MR) is 120 cm³/mol. The first-order valence-corrected chi connectivity index (χ1v) is 11.2. The van der Waals surface area contributed by atoms with Crippen molar-refractivity contribution in [2.45, 2.75) is 50.8 Å². The van der Waals surface area contributed by atoms with Crippen molar-refractivity contribution in [2.24, 2.45) is 0 Å². The SMILES string of the molecule is [O-]O[C@@H]1C[C@@H](OCc2ccccc2)[C@@H](OCc2ccccc2)[C@H](COCc2ccccc2)O1. The van der Waals surface area contributed by atoms with Gasteiger partial charge in [-0.15, -0.1) is 0 Å². The zero-order valence-electron chi connectivity index (χ0n) is 18.5. The van der Waals surface area contributed by atoms with Gasteiger partial charge in [-0.3, -0.25) is 0 Å². The smallest absolute Gasteiger partial charge is 0.151 e. The normalized spacial score (nSPS) is 22.8. The quantitative estimate of drug-likeness (QED) is 0.328. The third-order valence-electron chi connectivity index (χ3n) is 5.58. The highest BCUT2D eigenvalue weighted by Gasteiger charge is 2.40. The molecule has 6 nitrogen and oxygen atoms in total. The predicted octanol–water partition coefficient (Wildman–Crippen LogP) is 3.78. The molecule has 3 aromatic rings. The second-order valence-corrected chi connectivity index (χ2v) is 8.03. The second kappa shape index (κ2) is 12.6. The largest absolute Gasteiger partial charge is 0.721 e. The highest BCUT2D eigenvalue weighted by atomic mass is 17.1. The first kappa shape index (κ1) is 23.6. The van der Waals surface area contributed by atoms with Crippen LogP contribution in [-0.4, -0.2) is 31.2 Å². The van der Waals surface area contributed by atoms with Crippen LogP contribution in [0.25, 0.3) is 0 Å². The molecule has 0 N–H and O–H groups in total. The van der Waals surface area contributed by atoms with E-state index in [9.17, 15) is 5.26 Å². The van der Waals surface area contributed by atoms with Crippen molar-refractivity contribution in [2.75, 3.05) is 6.61 Å². The Bertz CT molecular complexity index is 921. The lowest BCUT2D eigenvalue weighted by Gasteiger charge is -2.42. The minimum Gasteiger partial charge on any atom is -0.721 e. The van der Waals surface area contributed by atoms with Crippen LogP contribution in [0, 0.1) is 0 Å². The summed E-state index contributed by atoms with van der Waals surface area (Å²) in [6.45, 7) is 1.49. The third-order valence-corrected chi connectivity index (χ3v) is 5.58. The summed E-state index contributed by atoms with van der Waals surface area (Å²) >= 11 is 0. The fraction of sp³-hybridized carbons (Fsp3) is 0.333. The molecule has 1 aliphatic rings. The van der Waals surface area contributed by atoms with E-state index in [0.717, 1.165) is 16.7 Å². The van der Waals surface area contributed by atoms with Gasteiger partial charge in [0.1, 0.15) is 12.2 Å². The summed E-state index contributed by atoms with van der Waals surface area (Å²) in [7, 11) is 0. The van der Waals surface area contributed by atoms with Gasteiger partial charge in [-0.2, -0.15) is 0 Å². The highest BCUT2D eigenvalue weighted by Crippen LogP contribution is 2.28. The number of hydrogen-bond acceptors (Lipinski definition) is 6. The third kappa shape index (κ3) is 7.20. The molecule has 33 heavy (non-hydrogen) atoms. The second-order valence-electron chi connectivity index (χ2n) is 8.03. The van der Waals surface area contributed by atoms with Crippen molar-refractivity contribution >= 4 is 0 Å². The molecule has 0 aliphatic carbocycles. The van der Waals surface area contributed by atoms with Crippen LogP contribution in [-0.2, 0) is 43.7 Å². The summed E-state index contributed by atoms with van der Waals surface area (Å²) < 4.78 is 24.3. The van der Waals surface area contributed by atoms with Gasteiger partial charge >= 0.3 is 0 Å². The average molecular weight is 450 g/mol. The maximum atomic E-state index is 11.3. The topological polar surface area (TPSA) is 69.2 Å². The minimum absolute atomic E-state index is 0.249. The van der Waals surface area contributed by atoms with E-state index in [2.05, 4.69) is 4.89 Å². The Labute approximate surface area is 194 Å². The molecule has 1 fully saturated rings. The van der Waals surface area contributed by atoms with Gasteiger partial charge in [0.05, 0.1) is 32.5 Å². The molecule has 0 spiro atoms. The van der Waals surface area contributed by atoms with Crippen LogP contribution in [0.5, 0.6) is 0 Å². The van der Waals surface area contributed by atoms with Gasteiger partial charge < -0.3 is 29.1 Å². The van der Waals surface area contributed by atoms with E-state index in [-0.39, 0.29) is 19.1 Å². The molecule has 1 heterocycles. The Morgan fingerprint density at radius 2 is 1.21 bits per heavy atom. The molecule has 0 unspecified atom stereocenters. The van der Waals surface area contributed by atoms with E-state index in [4.69, 9.17) is 18.9 Å². The number of ether oxygens (including phenoxy) is 4. The molecule has 3 aromatic carbocycles. The molecule has 0 bridgehead atoms. The van der Waals surface area contributed by atoms with Gasteiger partial charge in [-0.05, 0) is 16.7 Å². The van der Waals surface area contributed by atoms with E-state index >= 15 is 0 Å². The number of benzene rings is 3.